The third-order valence-corrected chi connectivity index (χ3v) is 4.34. The number of anilines is 1. The Bertz CT molecular complexity index is 1060. The van der Waals surface area contributed by atoms with Gasteiger partial charge in [-0.2, -0.15) is 0 Å². The quantitative estimate of drug-likeness (QED) is 0.428. The fourth-order valence-corrected chi connectivity index (χ4v) is 2.96. The van der Waals surface area contributed by atoms with Crippen LogP contribution in [0.15, 0.2) is 52.9 Å². The molecule has 1 aromatic heterocycles. The molecule has 2 aromatic carbocycles. The lowest BCUT2D eigenvalue weighted by Gasteiger charge is -2.09. The molecule has 3 aromatic rings. The number of nitrogens with zero attached hydrogens (tertiary/aromatic N) is 1. The van der Waals surface area contributed by atoms with E-state index in [1.54, 1.807) is 37.3 Å². The molecule has 3 rings (SSSR count). The van der Waals surface area contributed by atoms with Crippen molar-refractivity contribution in [2.24, 2.45) is 0 Å². The molecule has 0 unspecified atom stereocenters. The summed E-state index contributed by atoms with van der Waals surface area (Å²) in [6.07, 6.45) is 0. The third kappa shape index (κ3) is 4.56. The molecule has 0 saturated heterocycles. The summed E-state index contributed by atoms with van der Waals surface area (Å²) in [7, 11) is 0. The number of nitrogens with one attached hydrogen (secondary N) is 1. The number of aliphatic hydroxyl groups is 1. The van der Waals surface area contributed by atoms with Crippen LogP contribution in [-0.4, -0.2) is 22.5 Å². The predicted molar refractivity (Wildman–Crippen MR) is 107 cm³/mol. The van der Waals surface area contributed by atoms with Crippen molar-refractivity contribution >= 4 is 28.9 Å². The summed E-state index contributed by atoms with van der Waals surface area (Å²) < 4.78 is 10.7. The second kappa shape index (κ2) is 8.76. The van der Waals surface area contributed by atoms with Crippen LogP contribution in [0.1, 0.15) is 23.0 Å². The van der Waals surface area contributed by atoms with Crippen molar-refractivity contribution in [2.75, 3.05) is 11.9 Å². The second-order valence-corrected chi connectivity index (χ2v) is 6.35. The van der Waals surface area contributed by atoms with Crippen LogP contribution in [0.25, 0.3) is 11.3 Å². The lowest BCUT2D eigenvalue weighted by Crippen LogP contribution is -2.12. The fourth-order valence-electron chi connectivity index (χ4n) is 2.68. The molecule has 0 aliphatic carbocycles. The van der Waals surface area contributed by atoms with E-state index in [4.69, 9.17) is 25.9 Å². The van der Waals surface area contributed by atoms with Gasteiger partial charge in [-0.25, -0.2) is 0 Å². The maximum Gasteiger partial charge on any atom is 0.311 e. The number of halogens is 1. The highest BCUT2D eigenvalue weighted by molar-refractivity contribution is 6.33. The zero-order chi connectivity index (χ0) is 21.0. The van der Waals surface area contributed by atoms with Crippen molar-refractivity contribution < 1.29 is 24.0 Å². The Balaban J connectivity index is 1.81. The number of furan rings is 1. The summed E-state index contributed by atoms with van der Waals surface area (Å²) in [4.78, 5) is 23.1. The summed E-state index contributed by atoms with van der Waals surface area (Å²) in [6.45, 7) is 1.76. The van der Waals surface area contributed by atoms with Gasteiger partial charge in [0, 0.05) is 22.9 Å². The molecule has 1 amide bonds. The molecule has 0 spiro atoms. The lowest BCUT2D eigenvalue weighted by atomic mass is 10.1. The fraction of sp³-hybridized carbons (Fsp3) is 0.150. The van der Waals surface area contributed by atoms with Crippen LogP contribution < -0.4 is 10.1 Å². The number of benzene rings is 2. The van der Waals surface area contributed by atoms with Crippen LogP contribution in [-0.2, 0) is 6.61 Å². The van der Waals surface area contributed by atoms with Crippen LogP contribution in [0, 0.1) is 10.1 Å². The van der Waals surface area contributed by atoms with Gasteiger partial charge in [0.25, 0.3) is 5.91 Å². The van der Waals surface area contributed by atoms with E-state index in [9.17, 15) is 14.9 Å². The molecular weight excluding hydrogens is 400 g/mol. The van der Waals surface area contributed by atoms with E-state index in [-0.39, 0.29) is 30.2 Å². The largest absolute Gasteiger partial charge is 0.487 e. The number of amides is 1. The van der Waals surface area contributed by atoms with E-state index in [0.717, 1.165) is 6.07 Å². The van der Waals surface area contributed by atoms with Gasteiger partial charge in [-0.05, 0) is 49.4 Å². The minimum atomic E-state index is -0.600. The molecule has 0 atom stereocenters. The molecule has 9 heteroatoms. The first kappa shape index (κ1) is 20.4. The average molecular weight is 417 g/mol. The van der Waals surface area contributed by atoms with Gasteiger partial charge in [-0.3, -0.25) is 14.9 Å². The van der Waals surface area contributed by atoms with Gasteiger partial charge in [-0.15, -0.1) is 0 Å². The van der Waals surface area contributed by atoms with Crippen LogP contribution in [0.2, 0.25) is 5.02 Å². The van der Waals surface area contributed by atoms with Crippen molar-refractivity contribution in [3.05, 3.63) is 75.0 Å². The van der Waals surface area contributed by atoms with E-state index in [1.165, 1.54) is 12.1 Å². The molecule has 29 heavy (non-hydrogen) atoms. The summed E-state index contributed by atoms with van der Waals surface area (Å²) in [5, 5.41) is 23.3. The monoisotopic (exact) mass is 416 g/mol. The SMILES string of the molecule is CCOc1ccc(C(=O)Nc2ccc(-c3ccc(CO)o3)c(Cl)c2)cc1[N+](=O)[O-]. The highest BCUT2D eigenvalue weighted by Gasteiger charge is 2.19. The molecule has 0 bridgehead atoms. The zero-order valence-corrected chi connectivity index (χ0v) is 16.1. The highest BCUT2D eigenvalue weighted by Crippen LogP contribution is 2.32. The Morgan fingerprint density at radius 2 is 2.03 bits per heavy atom. The van der Waals surface area contributed by atoms with Gasteiger partial charge >= 0.3 is 5.69 Å². The van der Waals surface area contributed by atoms with Gasteiger partial charge in [0.05, 0.1) is 16.6 Å². The van der Waals surface area contributed by atoms with Crippen molar-refractivity contribution in [3.8, 4) is 17.1 Å². The van der Waals surface area contributed by atoms with Gasteiger partial charge < -0.3 is 19.6 Å². The van der Waals surface area contributed by atoms with E-state index < -0.39 is 10.8 Å². The van der Waals surface area contributed by atoms with Gasteiger partial charge in [0.1, 0.15) is 18.1 Å². The van der Waals surface area contributed by atoms with Gasteiger partial charge in [0.2, 0.25) is 0 Å². The second-order valence-electron chi connectivity index (χ2n) is 5.95. The number of nitro groups is 1. The zero-order valence-electron chi connectivity index (χ0n) is 15.3. The number of rotatable bonds is 7. The van der Waals surface area contributed by atoms with Crippen molar-refractivity contribution in [3.63, 3.8) is 0 Å². The smallest absolute Gasteiger partial charge is 0.311 e. The molecular formula is C20H17ClN2O6. The molecule has 0 saturated carbocycles. The Hall–Kier alpha value is -3.36. The molecule has 0 aliphatic rings. The normalized spacial score (nSPS) is 10.6. The number of ether oxygens (including phenoxy) is 1. The Morgan fingerprint density at radius 1 is 1.24 bits per heavy atom. The lowest BCUT2D eigenvalue weighted by molar-refractivity contribution is -0.385. The first-order valence-corrected chi connectivity index (χ1v) is 9.02. The number of carbonyl (C=O) groups is 1. The van der Waals surface area contributed by atoms with Crippen molar-refractivity contribution in [1.82, 2.24) is 0 Å². The number of hydrogen-bond donors (Lipinski definition) is 2. The average Bonchev–Trinajstić information content (AvgIpc) is 3.17. The first-order valence-electron chi connectivity index (χ1n) is 8.65. The van der Waals surface area contributed by atoms with Gasteiger partial charge in [0.15, 0.2) is 5.75 Å². The Morgan fingerprint density at radius 3 is 2.66 bits per heavy atom. The van der Waals surface area contributed by atoms with Crippen molar-refractivity contribution in [2.45, 2.75) is 13.5 Å². The molecule has 0 aliphatic heterocycles. The minimum absolute atomic E-state index is 0.0992. The number of nitro benzene ring substituents is 1. The number of aliphatic hydroxyl groups excluding tert-OH is 1. The van der Waals surface area contributed by atoms with E-state index in [1.807, 2.05) is 0 Å². The first-order chi connectivity index (χ1) is 13.9. The molecule has 150 valence electrons. The van der Waals surface area contributed by atoms with Crippen LogP contribution in [0.3, 0.4) is 0 Å². The summed E-state index contributed by atoms with van der Waals surface area (Å²) >= 11 is 6.29. The third-order valence-electron chi connectivity index (χ3n) is 4.03. The minimum Gasteiger partial charge on any atom is -0.487 e. The maximum atomic E-state index is 12.5. The van der Waals surface area contributed by atoms with Crippen LogP contribution in [0.5, 0.6) is 5.75 Å². The van der Waals surface area contributed by atoms with E-state index in [0.29, 0.717) is 27.8 Å². The maximum absolute atomic E-state index is 12.5. The standard InChI is InChI=1S/C20H17ClN2O6/c1-2-28-19-7-3-12(9-17(19)23(26)27)20(25)22-13-4-6-15(16(21)10-13)18-8-5-14(11-24)29-18/h3-10,24H,2,11H2,1H3,(H,22,25). The van der Waals surface area contributed by atoms with Gasteiger partial charge in [-0.1, -0.05) is 11.6 Å². The molecule has 1 heterocycles. The number of carbonyl (C=O) groups excluding carboxylic acids is 1. The van der Waals surface area contributed by atoms with Crippen LogP contribution >= 0.6 is 11.6 Å². The molecule has 0 radical (unpaired) electrons. The summed E-state index contributed by atoms with van der Waals surface area (Å²) in [6, 6.07) is 12.2. The van der Waals surface area contributed by atoms with E-state index in [2.05, 4.69) is 5.32 Å². The van der Waals surface area contributed by atoms with Crippen molar-refractivity contribution in [1.29, 1.82) is 0 Å². The van der Waals surface area contributed by atoms with Crippen LogP contribution in [0.4, 0.5) is 11.4 Å². The Labute approximate surface area is 170 Å². The summed E-state index contributed by atoms with van der Waals surface area (Å²) in [5.74, 6) is 0.465. The highest BCUT2D eigenvalue weighted by atomic mass is 35.5. The predicted octanol–water partition coefficient (Wildman–Crippen LogP) is 4.65. The molecule has 2 N–H and O–H groups in total. The molecule has 0 fully saturated rings. The summed E-state index contributed by atoms with van der Waals surface area (Å²) in [5.41, 5.74) is 0.833. The number of hydrogen-bond acceptors (Lipinski definition) is 6. The van der Waals surface area contributed by atoms with E-state index >= 15 is 0 Å². The molecule has 8 nitrogen and oxygen atoms in total. The topological polar surface area (TPSA) is 115 Å². The Kier molecular flexibility index (Phi) is 6.16.